The van der Waals surface area contributed by atoms with Gasteiger partial charge in [0.15, 0.2) is 0 Å². The van der Waals surface area contributed by atoms with Gasteiger partial charge in [-0.3, -0.25) is 4.79 Å². The second kappa shape index (κ2) is 8.20. The van der Waals surface area contributed by atoms with Crippen LogP contribution in [0.25, 0.3) is 0 Å². The van der Waals surface area contributed by atoms with E-state index < -0.39 is 5.82 Å². The largest absolute Gasteiger partial charge is 0.496 e. The lowest BCUT2D eigenvalue weighted by molar-refractivity contribution is 0.0904. The summed E-state index contributed by atoms with van der Waals surface area (Å²) >= 11 is 0. The van der Waals surface area contributed by atoms with Gasteiger partial charge in [0.25, 0.3) is 5.91 Å². The van der Waals surface area contributed by atoms with Gasteiger partial charge in [-0.2, -0.15) is 0 Å². The van der Waals surface area contributed by atoms with Crippen molar-refractivity contribution in [2.45, 2.75) is 31.7 Å². The minimum absolute atomic E-state index is 0. The Morgan fingerprint density at radius 3 is 2.81 bits per heavy atom. The predicted octanol–water partition coefficient (Wildman–Crippen LogP) is 2.50. The molecule has 2 rings (SSSR count). The first-order valence-corrected chi connectivity index (χ1v) is 7.00. The molecule has 1 amide bonds. The molecule has 6 heteroatoms. The molecule has 1 aliphatic carbocycles. The number of carbonyl (C=O) groups excluding carboxylic acids is 1. The van der Waals surface area contributed by atoms with E-state index in [1.54, 1.807) is 0 Å². The van der Waals surface area contributed by atoms with Crippen LogP contribution in [0.1, 0.15) is 36.0 Å². The van der Waals surface area contributed by atoms with Crippen molar-refractivity contribution in [1.29, 1.82) is 0 Å². The summed E-state index contributed by atoms with van der Waals surface area (Å²) in [6.07, 6.45) is 4.19. The van der Waals surface area contributed by atoms with Crippen LogP contribution in [0.4, 0.5) is 4.39 Å². The Balaban J connectivity index is 0.00000220. The van der Waals surface area contributed by atoms with Gasteiger partial charge in [-0.15, -0.1) is 12.4 Å². The van der Waals surface area contributed by atoms with Crippen molar-refractivity contribution >= 4 is 18.3 Å². The van der Waals surface area contributed by atoms with Gasteiger partial charge in [-0.05, 0) is 43.5 Å². The average Bonchev–Trinajstić information content (AvgIpc) is 2.47. The third-order valence-electron chi connectivity index (χ3n) is 3.93. The fourth-order valence-electron chi connectivity index (χ4n) is 2.78. The summed E-state index contributed by atoms with van der Waals surface area (Å²) < 4.78 is 18.4. The van der Waals surface area contributed by atoms with Gasteiger partial charge < -0.3 is 15.8 Å². The van der Waals surface area contributed by atoms with E-state index in [1.165, 1.54) is 25.3 Å². The second-order valence-electron chi connectivity index (χ2n) is 5.20. The van der Waals surface area contributed by atoms with Crippen LogP contribution in [0.3, 0.4) is 0 Å². The van der Waals surface area contributed by atoms with E-state index in [9.17, 15) is 9.18 Å². The smallest absolute Gasteiger partial charge is 0.255 e. The number of rotatable bonds is 4. The second-order valence-corrected chi connectivity index (χ2v) is 5.20. The maximum atomic E-state index is 13.3. The first kappa shape index (κ1) is 17.7. The number of halogens is 2. The first-order valence-electron chi connectivity index (χ1n) is 7.00. The molecule has 1 saturated carbocycles. The van der Waals surface area contributed by atoms with Crippen LogP contribution in [-0.4, -0.2) is 25.6 Å². The van der Waals surface area contributed by atoms with E-state index in [0.29, 0.717) is 18.2 Å². The van der Waals surface area contributed by atoms with E-state index >= 15 is 0 Å². The van der Waals surface area contributed by atoms with E-state index in [0.717, 1.165) is 25.7 Å². The van der Waals surface area contributed by atoms with Crippen LogP contribution in [0.5, 0.6) is 5.75 Å². The van der Waals surface area contributed by atoms with Crippen molar-refractivity contribution < 1.29 is 13.9 Å². The molecule has 21 heavy (non-hydrogen) atoms. The average molecular weight is 317 g/mol. The van der Waals surface area contributed by atoms with Crippen molar-refractivity contribution in [3.05, 3.63) is 29.6 Å². The molecule has 0 saturated heterocycles. The molecule has 0 heterocycles. The molecule has 2 unspecified atom stereocenters. The minimum atomic E-state index is -0.449. The predicted molar refractivity (Wildman–Crippen MR) is 82.5 cm³/mol. The summed E-state index contributed by atoms with van der Waals surface area (Å²) in [5.74, 6) is -0.0714. The van der Waals surface area contributed by atoms with Gasteiger partial charge >= 0.3 is 0 Å². The van der Waals surface area contributed by atoms with Gasteiger partial charge in [-0.1, -0.05) is 12.8 Å². The summed E-state index contributed by atoms with van der Waals surface area (Å²) in [7, 11) is 1.47. The number of methoxy groups -OCH3 is 1. The minimum Gasteiger partial charge on any atom is -0.496 e. The third-order valence-corrected chi connectivity index (χ3v) is 3.93. The lowest BCUT2D eigenvalue weighted by Crippen LogP contribution is -2.44. The molecule has 0 aromatic heterocycles. The normalized spacial score (nSPS) is 21.3. The quantitative estimate of drug-likeness (QED) is 0.897. The summed E-state index contributed by atoms with van der Waals surface area (Å²) in [5, 5.41) is 2.97. The van der Waals surface area contributed by atoms with Gasteiger partial charge in [0.2, 0.25) is 0 Å². The Kier molecular flexibility index (Phi) is 6.92. The van der Waals surface area contributed by atoms with Crippen LogP contribution in [0.15, 0.2) is 18.2 Å². The first-order chi connectivity index (χ1) is 9.65. The Bertz CT molecular complexity index is 485. The van der Waals surface area contributed by atoms with E-state index in [-0.39, 0.29) is 29.9 Å². The molecule has 0 aliphatic heterocycles. The molecule has 0 bridgehead atoms. The fraction of sp³-hybridized carbons (Fsp3) is 0.533. The molecular weight excluding hydrogens is 295 g/mol. The Morgan fingerprint density at radius 1 is 1.43 bits per heavy atom. The molecule has 0 spiro atoms. The zero-order valence-corrected chi connectivity index (χ0v) is 12.9. The number of hydrogen-bond acceptors (Lipinski definition) is 3. The maximum Gasteiger partial charge on any atom is 0.255 e. The van der Waals surface area contributed by atoms with Crippen molar-refractivity contribution in [1.82, 2.24) is 5.32 Å². The van der Waals surface area contributed by atoms with Crippen molar-refractivity contribution in [3.8, 4) is 5.75 Å². The van der Waals surface area contributed by atoms with Gasteiger partial charge in [0.05, 0.1) is 12.7 Å². The number of ether oxygens (including phenoxy) is 1. The number of nitrogens with two attached hydrogens (primary N) is 1. The van der Waals surface area contributed by atoms with Gasteiger partial charge in [0, 0.05) is 6.04 Å². The Hall–Kier alpha value is -1.33. The van der Waals surface area contributed by atoms with Crippen LogP contribution in [-0.2, 0) is 0 Å². The summed E-state index contributed by atoms with van der Waals surface area (Å²) in [5.41, 5.74) is 5.98. The Morgan fingerprint density at radius 2 is 2.14 bits per heavy atom. The molecule has 2 atom stereocenters. The molecule has 3 N–H and O–H groups in total. The molecule has 1 aromatic rings. The molecule has 0 radical (unpaired) electrons. The highest BCUT2D eigenvalue weighted by atomic mass is 35.5. The SMILES string of the molecule is COc1ccc(F)cc1C(=O)NC1CCCCC1CN.Cl. The Labute approximate surface area is 130 Å². The fourth-order valence-corrected chi connectivity index (χ4v) is 2.78. The number of benzene rings is 1. The van der Waals surface area contributed by atoms with Crippen LogP contribution in [0.2, 0.25) is 0 Å². The highest BCUT2D eigenvalue weighted by Gasteiger charge is 2.26. The number of nitrogens with one attached hydrogen (secondary N) is 1. The van der Waals surface area contributed by atoms with E-state index in [4.69, 9.17) is 10.5 Å². The van der Waals surface area contributed by atoms with Crippen LogP contribution >= 0.6 is 12.4 Å². The summed E-state index contributed by atoms with van der Waals surface area (Å²) in [6.45, 7) is 0.561. The molecule has 1 fully saturated rings. The molecule has 118 valence electrons. The molecule has 1 aromatic carbocycles. The molecule has 1 aliphatic rings. The highest BCUT2D eigenvalue weighted by Crippen LogP contribution is 2.25. The molecular formula is C15H22ClFN2O2. The van der Waals surface area contributed by atoms with E-state index in [1.807, 2.05) is 0 Å². The highest BCUT2D eigenvalue weighted by molar-refractivity contribution is 5.97. The maximum absolute atomic E-state index is 13.3. The standard InChI is InChI=1S/C15H21FN2O2.ClH/c1-20-14-7-6-11(16)8-12(14)15(19)18-13-5-3-2-4-10(13)9-17;/h6-8,10,13H,2-5,9,17H2,1H3,(H,18,19);1H. The lowest BCUT2D eigenvalue weighted by Gasteiger charge is -2.31. The zero-order chi connectivity index (χ0) is 14.5. The van der Waals surface area contributed by atoms with Gasteiger partial charge in [0.1, 0.15) is 11.6 Å². The molecule has 4 nitrogen and oxygen atoms in total. The third kappa shape index (κ3) is 4.32. The van der Waals surface area contributed by atoms with Crippen molar-refractivity contribution in [3.63, 3.8) is 0 Å². The zero-order valence-electron chi connectivity index (χ0n) is 12.1. The van der Waals surface area contributed by atoms with Gasteiger partial charge in [-0.25, -0.2) is 4.39 Å². The summed E-state index contributed by atoms with van der Waals surface area (Å²) in [4.78, 5) is 12.3. The number of amides is 1. The van der Waals surface area contributed by atoms with Crippen molar-refractivity contribution in [2.24, 2.45) is 11.7 Å². The van der Waals surface area contributed by atoms with Crippen LogP contribution in [0, 0.1) is 11.7 Å². The lowest BCUT2D eigenvalue weighted by atomic mass is 9.84. The number of carbonyl (C=O) groups is 1. The monoisotopic (exact) mass is 316 g/mol. The van der Waals surface area contributed by atoms with Crippen LogP contribution < -0.4 is 15.8 Å². The summed E-state index contributed by atoms with van der Waals surface area (Å²) in [6, 6.07) is 4.01. The topological polar surface area (TPSA) is 64.3 Å². The van der Waals surface area contributed by atoms with E-state index in [2.05, 4.69) is 5.32 Å². The van der Waals surface area contributed by atoms with Crippen molar-refractivity contribution in [2.75, 3.05) is 13.7 Å². The number of hydrogen-bond donors (Lipinski definition) is 2.